The third kappa shape index (κ3) is 4.48. The van der Waals surface area contributed by atoms with Crippen molar-refractivity contribution in [1.29, 1.82) is 0 Å². The van der Waals surface area contributed by atoms with Crippen LogP contribution in [0.15, 0.2) is 29.2 Å². The average Bonchev–Trinajstić information content (AvgIpc) is 3.02. The Bertz CT molecular complexity index is 925. The van der Waals surface area contributed by atoms with Crippen molar-refractivity contribution in [1.82, 2.24) is 0 Å². The van der Waals surface area contributed by atoms with Gasteiger partial charge in [0.15, 0.2) is 0 Å². The summed E-state index contributed by atoms with van der Waals surface area (Å²) in [7, 11) is 1.29. The van der Waals surface area contributed by atoms with Crippen molar-refractivity contribution in [2.45, 2.75) is 30.4 Å². The molecule has 0 bridgehead atoms. The van der Waals surface area contributed by atoms with Crippen LogP contribution < -0.4 is 15.4 Å². The number of thioether (sulfide) groups is 1. The number of thiophene rings is 1. The summed E-state index contributed by atoms with van der Waals surface area (Å²) in [4.78, 5) is 38.4. The molecule has 1 aromatic carbocycles. The van der Waals surface area contributed by atoms with Gasteiger partial charge in [-0.1, -0.05) is 0 Å². The molecular weight excluding hydrogens is 400 g/mol. The summed E-state index contributed by atoms with van der Waals surface area (Å²) in [6, 6.07) is 7.10. The van der Waals surface area contributed by atoms with E-state index in [9.17, 15) is 14.4 Å². The smallest absolute Gasteiger partial charge is 0.340 e. The second kappa shape index (κ2) is 8.66. The standard InChI is InChI=1S/C19H20N2O5S2/c1-4-26-11-5-6-13-14(8-11)28-15(17(23)20-13)9-16(22)21-18-12(19(24)25-3)7-10(2)27-18/h5-8,15H,4,9H2,1-3H3,(H,20,23)(H,21,22). The summed E-state index contributed by atoms with van der Waals surface area (Å²) in [5.74, 6) is -0.372. The van der Waals surface area contributed by atoms with Crippen LogP contribution in [0.3, 0.4) is 0 Å². The Kier molecular flexibility index (Phi) is 6.25. The van der Waals surface area contributed by atoms with Crippen LogP contribution in [-0.2, 0) is 14.3 Å². The van der Waals surface area contributed by atoms with Gasteiger partial charge in [-0.15, -0.1) is 23.1 Å². The predicted octanol–water partition coefficient (Wildman–Crippen LogP) is 3.68. The summed E-state index contributed by atoms with van der Waals surface area (Å²) in [5, 5.41) is 5.40. The number of carbonyl (C=O) groups is 3. The second-order valence-corrected chi connectivity index (χ2v) is 8.53. The van der Waals surface area contributed by atoms with Gasteiger partial charge in [-0.3, -0.25) is 9.59 Å². The molecule has 0 saturated heterocycles. The normalized spacial score (nSPS) is 15.4. The molecule has 148 valence electrons. The van der Waals surface area contributed by atoms with Gasteiger partial charge in [0.25, 0.3) is 0 Å². The minimum atomic E-state index is -0.577. The molecule has 3 rings (SSSR count). The van der Waals surface area contributed by atoms with E-state index in [1.54, 1.807) is 18.2 Å². The second-order valence-electron chi connectivity index (χ2n) is 6.03. The largest absolute Gasteiger partial charge is 0.494 e. The van der Waals surface area contributed by atoms with Gasteiger partial charge in [-0.2, -0.15) is 0 Å². The van der Waals surface area contributed by atoms with E-state index in [1.807, 2.05) is 19.9 Å². The van der Waals surface area contributed by atoms with Gasteiger partial charge < -0.3 is 20.1 Å². The summed E-state index contributed by atoms with van der Waals surface area (Å²) in [6.45, 7) is 4.28. The molecule has 2 aromatic rings. The van der Waals surface area contributed by atoms with Crippen molar-refractivity contribution in [3.05, 3.63) is 34.7 Å². The molecule has 2 N–H and O–H groups in total. The van der Waals surface area contributed by atoms with Crippen LogP contribution in [0.5, 0.6) is 5.75 Å². The van der Waals surface area contributed by atoms with E-state index < -0.39 is 11.2 Å². The fourth-order valence-corrected chi connectivity index (χ4v) is 4.78. The van der Waals surface area contributed by atoms with E-state index in [0.717, 1.165) is 9.77 Å². The quantitative estimate of drug-likeness (QED) is 0.693. The number of hydrogen-bond donors (Lipinski definition) is 2. The minimum Gasteiger partial charge on any atom is -0.494 e. The number of amides is 2. The highest BCUT2D eigenvalue weighted by molar-refractivity contribution is 8.01. The Morgan fingerprint density at radius 1 is 1.29 bits per heavy atom. The number of ether oxygens (including phenoxy) is 2. The minimum absolute atomic E-state index is 0.0215. The van der Waals surface area contributed by atoms with Gasteiger partial charge in [-0.25, -0.2) is 4.79 Å². The molecule has 9 heteroatoms. The molecule has 2 heterocycles. The van der Waals surface area contributed by atoms with E-state index in [0.29, 0.717) is 28.6 Å². The van der Waals surface area contributed by atoms with E-state index in [4.69, 9.17) is 9.47 Å². The van der Waals surface area contributed by atoms with Crippen molar-refractivity contribution in [2.24, 2.45) is 0 Å². The van der Waals surface area contributed by atoms with Crippen LogP contribution >= 0.6 is 23.1 Å². The fraction of sp³-hybridized carbons (Fsp3) is 0.316. The molecule has 1 atom stereocenters. The highest BCUT2D eigenvalue weighted by atomic mass is 32.2. The van der Waals surface area contributed by atoms with Gasteiger partial charge in [0.05, 0.1) is 30.2 Å². The zero-order chi connectivity index (χ0) is 20.3. The van der Waals surface area contributed by atoms with Crippen LogP contribution in [0.1, 0.15) is 28.6 Å². The van der Waals surface area contributed by atoms with Crippen molar-refractivity contribution >= 4 is 51.6 Å². The summed E-state index contributed by atoms with van der Waals surface area (Å²) in [6.07, 6.45) is -0.0215. The number of anilines is 2. The van der Waals surface area contributed by atoms with E-state index >= 15 is 0 Å². The zero-order valence-corrected chi connectivity index (χ0v) is 17.3. The lowest BCUT2D eigenvalue weighted by Crippen LogP contribution is -2.32. The highest BCUT2D eigenvalue weighted by Gasteiger charge is 2.30. The van der Waals surface area contributed by atoms with Gasteiger partial charge in [0, 0.05) is 16.2 Å². The zero-order valence-electron chi connectivity index (χ0n) is 15.7. The fourth-order valence-electron chi connectivity index (χ4n) is 2.73. The van der Waals surface area contributed by atoms with E-state index in [1.165, 1.54) is 30.2 Å². The molecule has 1 aliphatic rings. The maximum atomic E-state index is 12.5. The number of carbonyl (C=O) groups excluding carboxylic acids is 3. The first-order valence-electron chi connectivity index (χ1n) is 8.64. The van der Waals surface area contributed by atoms with E-state index in [2.05, 4.69) is 10.6 Å². The molecule has 2 amide bonds. The number of hydrogen-bond acceptors (Lipinski definition) is 7. The molecule has 0 aliphatic carbocycles. The maximum absolute atomic E-state index is 12.5. The van der Waals surface area contributed by atoms with Crippen molar-refractivity contribution < 1.29 is 23.9 Å². The SMILES string of the molecule is CCOc1ccc2c(c1)SC(CC(=O)Nc1sc(C)cc1C(=O)OC)C(=O)N2. The number of benzene rings is 1. The molecule has 1 unspecified atom stereocenters. The predicted molar refractivity (Wildman–Crippen MR) is 110 cm³/mol. The number of methoxy groups -OCH3 is 1. The average molecular weight is 421 g/mol. The molecule has 7 nitrogen and oxygen atoms in total. The summed E-state index contributed by atoms with van der Waals surface area (Å²) >= 11 is 2.61. The molecule has 28 heavy (non-hydrogen) atoms. The highest BCUT2D eigenvalue weighted by Crippen LogP contribution is 2.39. The molecule has 0 fully saturated rings. The van der Waals surface area contributed by atoms with Crippen molar-refractivity contribution in [3.8, 4) is 5.75 Å². The Morgan fingerprint density at radius 3 is 2.79 bits per heavy atom. The molecule has 0 radical (unpaired) electrons. The number of aryl methyl sites for hydroxylation is 1. The Morgan fingerprint density at radius 2 is 2.07 bits per heavy atom. The monoisotopic (exact) mass is 420 g/mol. The van der Waals surface area contributed by atoms with Gasteiger partial charge in [-0.05, 0) is 38.1 Å². The third-order valence-corrected chi connectivity index (χ3v) is 6.19. The first-order valence-corrected chi connectivity index (χ1v) is 10.3. The maximum Gasteiger partial charge on any atom is 0.340 e. The Hall–Kier alpha value is -2.52. The van der Waals surface area contributed by atoms with Crippen molar-refractivity contribution in [3.63, 3.8) is 0 Å². The number of fused-ring (bicyclic) bond motifs is 1. The summed E-state index contributed by atoms with van der Waals surface area (Å²) < 4.78 is 10.2. The van der Waals surface area contributed by atoms with Gasteiger partial charge >= 0.3 is 5.97 Å². The molecular formula is C19H20N2O5S2. The number of esters is 1. The lowest BCUT2D eigenvalue weighted by molar-refractivity contribution is -0.120. The third-order valence-electron chi connectivity index (χ3n) is 3.97. The molecule has 1 aliphatic heterocycles. The molecule has 0 spiro atoms. The molecule has 0 saturated carbocycles. The molecule has 1 aromatic heterocycles. The van der Waals surface area contributed by atoms with Gasteiger partial charge in [0.1, 0.15) is 10.8 Å². The van der Waals surface area contributed by atoms with Crippen LogP contribution in [0.2, 0.25) is 0 Å². The Labute approximate surface area is 170 Å². The van der Waals surface area contributed by atoms with Gasteiger partial charge in [0.2, 0.25) is 11.8 Å². The Balaban J connectivity index is 1.70. The van der Waals surface area contributed by atoms with Crippen LogP contribution in [0.4, 0.5) is 10.7 Å². The topological polar surface area (TPSA) is 93.7 Å². The van der Waals surface area contributed by atoms with E-state index in [-0.39, 0.29) is 18.2 Å². The lowest BCUT2D eigenvalue weighted by atomic mass is 10.2. The van der Waals surface area contributed by atoms with Crippen LogP contribution in [-0.4, -0.2) is 36.8 Å². The number of rotatable bonds is 6. The number of nitrogens with one attached hydrogen (secondary N) is 2. The first-order chi connectivity index (χ1) is 13.4. The first kappa shape index (κ1) is 20.2. The van der Waals surface area contributed by atoms with Crippen LogP contribution in [0.25, 0.3) is 0 Å². The van der Waals surface area contributed by atoms with Crippen molar-refractivity contribution in [2.75, 3.05) is 24.4 Å². The lowest BCUT2D eigenvalue weighted by Gasteiger charge is -2.24. The summed E-state index contributed by atoms with van der Waals surface area (Å²) in [5.41, 5.74) is 1.02. The van der Waals surface area contributed by atoms with Crippen LogP contribution in [0, 0.1) is 6.92 Å².